The molecule has 0 N–H and O–H groups in total. The van der Waals surface area contributed by atoms with Gasteiger partial charge in [0.25, 0.3) is 8.53 Å². The second-order valence-corrected chi connectivity index (χ2v) is 9.64. The lowest BCUT2D eigenvalue weighted by atomic mass is 10.3. The fourth-order valence-corrected chi connectivity index (χ4v) is 4.87. The Morgan fingerprint density at radius 3 is 2.04 bits per heavy atom. The summed E-state index contributed by atoms with van der Waals surface area (Å²) in [5.41, 5.74) is 0. The molecule has 0 heterocycles. The van der Waals surface area contributed by atoms with Crippen molar-refractivity contribution in [3.63, 3.8) is 0 Å². The molecule has 0 fully saturated rings. The summed E-state index contributed by atoms with van der Waals surface area (Å²) in [7, 11) is -1.37. The molecule has 0 amide bonds. The average Bonchev–Trinajstić information content (AvgIpc) is 2.53. The highest BCUT2D eigenvalue weighted by Crippen LogP contribution is 2.48. The van der Waals surface area contributed by atoms with E-state index in [9.17, 15) is 4.57 Å². The third kappa shape index (κ3) is 9.44. The zero-order valence-electron chi connectivity index (χ0n) is 15.7. The highest BCUT2D eigenvalue weighted by atomic mass is 31.2. The van der Waals surface area contributed by atoms with Crippen LogP contribution in [0.5, 0.6) is 0 Å². The Labute approximate surface area is 148 Å². The van der Waals surface area contributed by atoms with Crippen LogP contribution < -0.4 is 0 Å². The molecule has 0 saturated carbocycles. The highest BCUT2D eigenvalue weighted by molar-refractivity contribution is 7.53. The van der Waals surface area contributed by atoms with Gasteiger partial charge in [-0.1, -0.05) is 0 Å². The Hall–Kier alpha value is -0.0500. The maximum atomic E-state index is 12.0. The first-order valence-corrected chi connectivity index (χ1v) is 11.1. The average molecular weight is 382 g/mol. The molecule has 1 unspecified atom stereocenters. The van der Waals surface area contributed by atoms with Gasteiger partial charge in [0.05, 0.1) is 31.9 Å². The summed E-state index contributed by atoms with van der Waals surface area (Å²) in [6.07, 6.45) is 2.14. The minimum atomic E-state index is -2.95. The molecule has 0 aromatic carbocycles. The van der Waals surface area contributed by atoms with Gasteiger partial charge in [0, 0.05) is 26.3 Å². The zero-order valence-corrected chi connectivity index (χ0v) is 17.5. The molecule has 0 aromatic heterocycles. The second-order valence-electron chi connectivity index (χ2n) is 5.79. The molecule has 1 atom stereocenters. The zero-order chi connectivity index (χ0) is 18.6. The number of rotatable bonds is 14. The number of nitrogens with zero attached hydrogens (tertiary/aromatic N) is 2. The summed E-state index contributed by atoms with van der Waals surface area (Å²) in [4.78, 5) is 0. The molecule has 142 valence electrons. The van der Waals surface area contributed by atoms with Crippen LogP contribution in [-0.2, 0) is 22.7 Å². The molecule has 7 nitrogen and oxygen atoms in total. The van der Waals surface area contributed by atoms with Crippen molar-refractivity contribution in [2.45, 2.75) is 59.0 Å². The van der Waals surface area contributed by atoms with E-state index in [-0.39, 0.29) is 12.1 Å². The number of nitriles is 1. The standard InChI is InChI=1S/C15H32N2O5P2/c1-14(2)17(15(3)4)23(22-12-9-10-16)21-11-7-8-13-24(18,19-5)20-6/h14-15H,7-9,11-13H2,1-6H3. The van der Waals surface area contributed by atoms with Crippen molar-refractivity contribution in [1.29, 1.82) is 5.26 Å². The van der Waals surface area contributed by atoms with Crippen molar-refractivity contribution in [2.24, 2.45) is 0 Å². The van der Waals surface area contributed by atoms with E-state index in [0.29, 0.717) is 32.2 Å². The van der Waals surface area contributed by atoms with Crippen LogP contribution in [0.4, 0.5) is 0 Å². The summed E-state index contributed by atoms with van der Waals surface area (Å²) in [5, 5.41) is 8.68. The molecule has 0 rings (SSSR count). The summed E-state index contributed by atoms with van der Waals surface area (Å²) in [5.74, 6) is 0. The second kappa shape index (κ2) is 13.2. The number of hydrogen-bond donors (Lipinski definition) is 0. The van der Waals surface area contributed by atoms with Crippen molar-refractivity contribution >= 4 is 16.1 Å². The van der Waals surface area contributed by atoms with Gasteiger partial charge in [0.1, 0.15) is 0 Å². The van der Waals surface area contributed by atoms with Crippen LogP contribution >= 0.6 is 16.1 Å². The van der Waals surface area contributed by atoms with E-state index < -0.39 is 16.1 Å². The van der Waals surface area contributed by atoms with Crippen LogP contribution in [0.3, 0.4) is 0 Å². The van der Waals surface area contributed by atoms with Gasteiger partial charge >= 0.3 is 7.60 Å². The molecular formula is C15H32N2O5P2. The van der Waals surface area contributed by atoms with Crippen LogP contribution in [0.15, 0.2) is 0 Å². The molecule has 0 saturated heterocycles. The van der Waals surface area contributed by atoms with Crippen LogP contribution in [-0.4, -0.2) is 50.3 Å². The van der Waals surface area contributed by atoms with Crippen molar-refractivity contribution in [1.82, 2.24) is 4.67 Å². The van der Waals surface area contributed by atoms with E-state index in [1.807, 2.05) is 0 Å². The van der Waals surface area contributed by atoms with Crippen molar-refractivity contribution in [3.8, 4) is 6.07 Å². The first kappa shape index (κ1) is 23.9. The maximum Gasteiger partial charge on any atom is 0.330 e. The van der Waals surface area contributed by atoms with E-state index in [4.69, 9.17) is 23.4 Å². The van der Waals surface area contributed by atoms with Gasteiger partial charge in [-0.15, -0.1) is 0 Å². The van der Waals surface area contributed by atoms with Gasteiger partial charge < -0.3 is 18.1 Å². The normalized spacial score (nSPS) is 13.7. The van der Waals surface area contributed by atoms with Gasteiger partial charge in [0.2, 0.25) is 0 Å². The maximum absolute atomic E-state index is 12.0. The van der Waals surface area contributed by atoms with Gasteiger partial charge in [-0.3, -0.25) is 4.57 Å². The molecule has 0 aromatic rings. The Kier molecular flexibility index (Phi) is 13.2. The first-order chi connectivity index (χ1) is 11.3. The fraction of sp³-hybridized carbons (Fsp3) is 0.933. The predicted octanol–water partition coefficient (Wildman–Crippen LogP) is 4.55. The van der Waals surface area contributed by atoms with Crippen LogP contribution in [0, 0.1) is 11.3 Å². The Balaban J connectivity index is 4.45. The van der Waals surface area contributed by atoms with Crippen LogP contribution in [0.25, 0.3) is 0 Å². The molecule has 0 bridgehead atoms. The van der Waals surface area contributed by atoms with E-state index in [0.717, 1.165) is 6.42 Å². The van der Waals surface area contributed by atoms with Gasteiger partial charge in [-0.05, 0) is 40.5 Å². The molecule has 0 aliphatic carbocycles. The Morgan fingerprint density at radius 2 is 1.58 bits per heavy atom. The largest absolute Gasteiger partial charge is 0.330 e. The monoisotopic (exact) mass is 382 g/mol. The van der Waals surface area contributed by atoms with E-state index in [2.05, 4.69) is 38.4 Å². The lowest BCUT2D eigenvalue weighted by Gasteiger charge is -2.35. The van der Waals surface area contributed by atoms with E-state index in [1.165, 1.54) is 14.2 Å². The predicted molar refractivity (Wildman–Crippen MR) is 96.9 cm³/mol. The van der Waals surface area contributed by atoms with Crippen molar-refractivity contribution < 1.29 is 22.7 Å². The van der Waals surface area contributed by atoms with E-state index >= 15 is 0 Å². The highest BCUT2D eigenvalue weighted by Gasteiger charge is 2.27. The minimum Gasteiger partial charge on any atom is -0.322 e. The molecular weight excluding hydrogens is 350 g/mol. The lowest BCUT2D eigenvalue weighted by molar-refractivity contribution is 0.175. The molecule has 24 heavy (non-hydrogen) atoms. The molecule has 0 aliphatic rings. The molecule has 0 aliphatic heterocycles. The minimum absolute atomic E-state index is 0.278. The van der Waals surface area contributed by atoms with Crippen molar-refractivity contribution in [3.05, 3.63) is 0 Å². The van der Waals surface area contributed by atoms with Gasteiger partial charge in [-0.2, -0.15) is 5.26 Å². The summed E-state index contributed by atoms with van der Waals surface area (Å²) in [6.45, 7) is 9.25. The number of unbranched alkanes of at least 4 members (excludes halogenated alkanes) is 1. The summed E-state index contributed by atoms with van der Waals surface area (Å²) < 4.78 is 35.7. The molecule has 9 heteroatoms. The van der Waals surface area contributed by atoms with Crippen LogP contribution in [0.1, 0.15) is 47.0 Å². The topological polar surface area (TPSA) is 81.0 Å². The van der Waals surface area contributed by atoms with Gasteiger partial charge in [0.15, 0.2) is 0 Å². The summed E-state index contributed by atoms with van der Waals surface area (Å²) >= 11 is 0. The van der Waals surface area contributed by atoms with E-state index in [1.54, 1.807) is 0 Å². The first-order valence-electron chi connectivity index (χ1n) is 8.23. The molecule has 0 spiro atoms. The SMILES string of the molecule is COP(=O)(CCCCOP(OCCC#N)N(C(C)C)C(C)C)OC. The summed E-state index contributed by atoms with van der Waals surface area (Å²) in [6, 6.07) is 2.64. The third-order valence-electron chi connectivity index (χ3n) is 3.25. The lowest BCUT2D eigenvalue weighted by Crippen LogP contribution is -2.33. The third-order valence-corrected chi connectivity index (χ3v) is 7.33. The Morgan fingerprint density at radius 1 is 1.04 bits per heavy atom. The quantitative estimate of drug-likeness (QED) is 0.322. The smallest absolute Gasteiger partial charge is 0.322 e. The Bertz CT molecular complexity index is 399. The van der Waals surface area contributed by atoms with Crippen molar-refractivity contribution in [2.75, 3.05) is 33.6 Å². The fourth-order valence-electron chi connectivity index (χ4n) is 2.12. The molecule has 0 radical (unpaired) electrons. The van der Waals surface area contributed by atoms with Crippen LogP contribution in [0.2, 0.25) is 0 Å². The number of hydrogen-bond acceptors (Lipinski definition) is 7. The van der Waals surface area contributed by atoms with Gasteiger partial charge in [-0.25, -0.2) is 4.67 Å².